The summed E-state index contributed by atoms with van der Waals surface area (Å²) in [5.41, 5.74) is 1.65. The van der Waals surface area contributed by atoms with Crippen molar-refractivity contribution in [3.8, 4) is 0 Å². The van der Waals surface area contributed by atoms with E-state index >= 15 is 0 Å². The number of amides is 2. The van der Waals surface area contributed by atoms with Crippen LogP contribution in [0.1, 0.15) is 24.8 Å². The average Bonchev–Trinajstić information content (AvgIpc) is 2.47. The van der Waals surface area contributed by atoms with E-state index in [1.54, 1.807) is 12.1 Å². The van der Waals surface area contributed by atoms with Crippen LogP contribution in [0.2, 0.25) is 0 Å². The molecule has 1 aliphatic rings. The van der Waals surface area contributed by atoms with Crippen molar-refractivity contribution in [3.63, 3.8) is 0 Å². The van der Waals surface area contributed by atoms with Crippen molar-refractivity contribution in [2.24, 2.45) is 0 Å². The Balaban J connectivity index is 1.79. The monoisotopic (exact) mass is 291 g/mol. The topological polar surface area (TPSA) is 90.5 Å². The second-order valence-electron chi connectivity index (χ2n) is 5.21. The third-order valence-electron chi connectivity index (χ3n) is 3.51. The Bertz CT molecular complexity index is 481. The fourth-order valence-electron chi connectivity index (χ4n) is 2.32. The zero-order valence-corrected chi connectivity index (χ0v) is 11.9. The molecule has 114 valence electrons. The molecular weight excluding hydrogens is 270 g/mol. The molecule has 1 fully saturated rings. The fourth-order valence-corrected chi connectivity index (χ4v) is 2.32. The number of benzene rings is 1. The Morgan fingerprint density at radius 1 is 1.19 bits per heavy atom. The first-order valence-corrected chi connectivity index (χ1v) is 7.22. The van der Waals surface area contributed by atoms with E-state index in [2.05, 4.69) is 16.0 Å². The highest BCUT2D eigenvalue weighted by Crippen LogP contribution is 2.11. The summed E-state index contributed by atoms with van der Waals surface area (Å²) in [4.78, 5) is 22.4. The van der Waals surface area contributed by atoms with Gasteiger partial charge in [-0.25, -0.2) is 4.79 Å². The Labute approximate surface area is 123 Å². The number of aliphatic carboxylic acids is 1. The van der Waals surface area contributed by atoms with E-state index in [9.17, 15) is 9.59 Å². The lowest BCUT2D eigenvalue weighted by Crippen LogP contribution is -2.44. The minimum atomic E-state index is -0.807. The van der Waals surface area contributed by atoms with Crippen LogP contribution in [0.3, 0.4) is 0 Å². The standard InChI is InChI=1S/C15H21N3O3/c19-14(20)6-3-11-1-4-12(5-2-11)17-15(21)18-13-7-9-16-10-8-13/h1-2,4-5,13,16H,3,6-10H2,(H,19,20)(H2,17,18,21). The molecule has 1 aromatic rings. The van der Waals surface area contributed by atoms with Crippen LogP contribution < -0.4 is 16.0 Å². The summed E-state index contributed by atoms with van der Waals surface area (Å²) >= 11 is 0. The first kappa shape index (κ1) is 15.3. The van der Waals surface area contributed by atoms with E-state index < -0.39 is 5.97 Å². The van der Waals surface area contributed by atoms with Crippen molar-refractivity contribution in [2.75, 3.05) is 18.4 Å². The van der Waals surface area contributed by atoms with Crippen LogP contribution in [-0.4, -0.2) is 36.2 Å². The van der Waals surface area contributed by atoms with Crippen molar-refractivity contribution in [1.29, 1.82) is 0 Å². The Hall–Kier alpha value is -2.08. The summed E-state index contributed by atoms with van der Waals surface area (Å²) in [7, 11) is 0. The first-order chi connectivity index (χ1) is 10.1. The van der Waals surface area contributed by atoms with Crippen molar-refractivity contribution in [2.45, 2.75) is 31.7 Å². The second kappa shape index (κ2) is 7.64. The van der Waals surface area contributed by atoms with Crippen molar-refractivity contribution in [1.82, 2.24) is 10.6 Å². The molecule has 0 radical (unpaired) electrons. The van der Waals surface area contributed by atoms with Gasteiger partial charge in [0.2, 0.25) is 0 Å². The molecule has 0 aliphatic carbocycles. The van der Waals surface area contributed by atoms with E-state index in [0.29, 0.717) is 12.1 Å². The summed E-state index contributed by atoms with van der Waals surface area (Å²) in [5.74, 6) is -0.807. The van der Waals surface area contributed by atoms with Gasteiger partial charge in [0.1, 0.15) is 0 Å². The molecule has 0 spiro atoms. The van der Waals surface area contributed by atoms with Crippen LogP contribution in [0.25, 0.3) is 0 Å². The van der Waals surface area contributed by atoms with Gasteiger partial charge in [-0.1, -0.05) is 12.1 Å². The van der Waals surface area contributed by atoms with Gasteiger partial charge in [-0.2, -0.15) is 0 Å². The lowest BCUT2D eigenvalue weighted by atomic mass is 10.1. The summed E-state index contributed by atoms with van der Waals surface area (Å²) in [5, 5.41) is 17.6. The molecule has 2 amide bonds. The van der Waals surface area contributed by atoms with Crippen LogP contribution in [0.4, 0.5) is 10.5 Å². The number of carbonyl (C=O) groups is 2. The third kappa shape index (κ3) is 5.43. The van der Waals surface area contributed by atoms with Gasteiger partial charge in [-0.15, -0.1) is 0 Å². The zero-order chi connectivity index (χ0) is 15.1. The molecule has 0 aromatic heterocycles. The smallest absolute Gasteiger partial charge is 0.319 e. The van der Waals surface area contributed by atoms with Crippen molar-refractivity contribution < 1.29 is 14.7 Å². The van der Waals surface area contributed by atoms with Crippen LogP contribution in [0.5, 0.6) is 0 Å². The SMILES string of the molecule is O=C(O)CCc1ccc(NC(=O)NC2CCNCC2)cc1. The maximum Gasteiger partial charge on any atom is 0.319 e. The minimum Gasteiger partial charge on any atom is -0.481 e. The van der Waals surface area contributed by atoms with Crippen LogP contribution in [0, 0.1) is 0 Å². The van der Waals surface area contributed by atoms with Crippen LogP contribution in [-0.2, 0) is 11.2 Å². The number of rotatable bonds is 5. The number of carboxylic acid groups (broad SMARTS) is 1. The van der Waals surface area contributed by atoms with Gasteiger partial charge < -0.3 is 21.1 Å². The van der Waals surface area contributed by atoms with E-state index in [1.807, 2.05) is 12.1 Å². The quantitative estimate of drug-likeness (QED) is 0.663. The number of piperidine rings is 1. The lowest BCUT2D eigenvalue weighted by molar-refractivity contribution is -0.136. The number of nitrogens with one attached hydrogen (secondary N) is 3. The molecule has 1 saturated heterocycles. The summed E-state index contributed by atoms with van der Waals surface area (Å²) in [6.45, 7) is 1.87. The zero-order valence-electron chi connectivity index (χ0n) is 11.9. The number of carboxylic acids is 1. The predicted octanol–water partition coefficient (Wildman–Crippen LogP) is 1.58. The molecule has 0 atom stereocenters. The molecule has 6 nitrogen and oxygen atoms in total. The molecular formula is C15H21N3O3. The Kier molecular flexibility index (Phi) is 5.57. The molecule has 1 heterocycles. The normalized spacial score (nSPS) is 15.4. The van der Waals surface area contributed by atoms with Crippen molar-refractivity contribution >= 4 is 17.7 Å². The van der Waals surface area contributed by atoms with Gasteiger partial charge in [0.25, 0.3) is 0 Å². The summed E-state index contributed by atoms with van der Waals surface area (Å²) in [6, 6.07) is 7.28. The maximum atomic E-state index is 11.9. The van der Waals surface area contributed by atoms with Gasteiger partial charge in [0.15, 0.2) is 0 Å². The highest BCUT2D eigenvalue weighted by molar-refractivity contribution is 5.89. The lowest BCUT2D eigenvalue weighted by Gasteiger charge is -2.23. The molecule has 1 aromatic carbocycles. The third-order valence-corrected chi connectivity index (χ3v) is 3.51. The number of anilines is 1. The number of hydrogen-bond acceptors (Lipinski definition) is 3. The predicted molar refractivity (Wildman–Crippen MR) is 80.4 cm³/mol. The molecule has 0 unspecified atom stereocenters. The highest BCUT2D eigenvalue weighted by atomic mass is 16.4. The maximum absolute atomic E-state index is 11.9. The van der Waals surface area contributed by atoms with E-state index in [0.717, 1.165) is 31.5 Å². The molecule has 1 aliphatic heterocycles. The molecule has 21 heavy (non-hydrogen) atoms. The first-order valence-electron chi connectivity index (χ1n) is 7.22. The minimum absolute atomic E-state index is 0.114. The summed E-state index contributed by atoms with van der Waals surface area (Å²) in [6.07, 6.45) is 2.50. The summed E-state index contributed by atoms with van der Waals surface area (Å²) < 4.78 is 0. The Morgan fingerprint density at radius 2 is 1.86 bits per heavy atom. The number of carbonyl (C=O) groups excluding carboxylic acids is 1. The molecule has 6 heteroatoms. The second-order valence-corrected chi connectivity index (χ2v) is 5.21. The highest BCUT2D eigenvalue weighted by Gasteiger charge is 2.15. The average molecular weight is 291 g/mol. The van der Waals surface area contributed by atoms with Gasteiger partial charge in [-0.05, 0) is 50.0 Å². The number of hydrogen-bond donors (Lipinski definition) is 4. The largest absolute Gasteiger partial charge is 0.481 e. The van der Waals surface area contributed by atoms with E-state index in [1.165, 1.54) is 0 Å². The van der Waals surface area contributed by atoms with Gasteiger partial charge in [0.05, 0.1) is 0 Å². The molecule has 0 bridgehead atoms. The number of aryl methyl sites for hydroxylation is 1. The van der Waals surface area contributed by atoms with Gasteiger partial charge in [0, 0.05) is 18.2 Å². The van der Waals surface area contributed by atoms with E-state index in [-0.39, 0.29) is 18.5 Å². The van der Waals surface area contributed by atoms with E-state index in [4.69, 9.17) is 5.11 Å². The van der Waals surface area contributed by atoms with Crippen molar-refractivity contribution in [3.05, 3.63) is 29.8 Å². The Morgan fingerprint density at radius 3 is 2.48 bits per heavy atom. The molecule has 0 saturated carbocycles. The van der Waals surface area contributed by atoms with Gasteiger partial charge in [-0.3, -0.25) is 4.79 Å². The fraction of sp³-hybridized carbons (Fsp3) is 0.467. The molecule has 2 rings (SSSR count). The van der Waals surface area contributed by atoms with Gasteiger partial charge >= 0.3 is 12.0 Å². The van der Waals surface area contributed by atoms with Crippen LogP contribution in [0.15, 0.2) is 24.3 Å². The number of urea groups is 1. The molecule has 4 N–H and O–H groups in total. The van der Waals surface area contributed by atoms with Crippen LogP contribution >= 0.6 is 0 Å².